The summed E-state index contributed by atoms with van der Waals surface area (Å²) in [6.07, 6.45) is 0.542. The van der Waals surface area contributed by atoms with Gasteiger partial charge in [0.25, 0.3) is 5.91 Å². The molecule has 6 nitrogen and oxygen atoms in total. The Hall–Kier alpha value is -3.35. The van der Waals surface area contributed by atoms with Crippen LogP contribution in [0.15, 0.2) is 66.7 Å². The minimum absolute atomic E-state index is 0.0951. The summed E-state index contributed by atoms with van der Waals surface area (Å²) in [7, 11) is 0. The molecule has 0 bridgehead atoms. The van der Waals surface area contributed by atoms with Gasteiger partial charge in [0.05, 0.1) is 6.10 Å². The fourth-order valence-corrected chi connectivity index (χ4v) is 3.87. The van der Waals surface area contributed by atoms with Crippen LogP contribution in [0.3, 0.4) is 0 Å². The highest BCUT2D eigenvalue weighted by Crippen LogP contribution is 2.25. The predicted octanol–water partition coefficient (Wildman–Crippen LogP) is 4.02. The number of rotatable bonds is 10. The Morgan fingerprint density at radius 3 is 2.29 bits per heavy atom. The number of carbonyl (C=O) groups excluding carboxylic acids is 1. The van der Waals surface area contributed by atoms with Crippen molar-refractivity contribution in [3.05, 3.63) is 94.5 Å². The van der Waals surface area contributed by atoms with Crippen LogP contribution in [0.25, 0.3) is 0 Å². The topological polar surface area (TPSA) is 102 Å². The minimum Gasteiger partial charge on any atom is -0.508 e. The van der Waals surface area contributed by atoms with Crippen molar-refractivity contribution in [1.29, 1.82) is 0 Å². The van der Waals surface area contributed by atoms with Gasteiger partial charge in [-0.2, -0.15) is 0 Å². The van der Waals surface area contributed by atoms with Gasteiger partial charge in [-0.25, -0.2) is 0 Å². The second kappa shape index (κ2) is 11.2. The van der Waals surface area contributed by atoms with Crippen LogP contribution in [-0.4, -0.2) is 39.9 Å². The summed E-state index contributed by atoms with van der Waals surface area (Å²) in [5.41, 5.74) is 4.11. The van der Waals surface area contributed by atoms with Crippen LogP contribution >= 0.6 is 0 Å². The molecular weight excluding hydrogens is 428 g/mol. The Morgan fingerprint density at radius 2 is 1.62 bits per heavy atom. The second-order valence-corrected chi connectivity index (χ2v) is 9.43. The number of nitrogens with one attached hydrogen (secondary N) is 2. The van der Waals surface area contributed by atoms with Gasteiger partial charge in [0.15, 0.2) is 0 Å². The van der Waals surface area contributed by atoms with E-state index in [4.69, 9.17) is 0 Å². The standard InChI is InChI=1S/C28H34N2O4/c1-19-7-9-20(10-8-19)11-12-29-27(34)22-6-4-5-21(13-22)17-28(2,3)30-18-26(33)23-14-24(31)16-25(32)15-23/h4-10,13-16,26,30-33H,11-12,17-18H2,1-3H3,(H,29,34). The molecule has 0 heterocycles. The van der Waals surface area contributed by atoms with Gasteiger partial charge in [0, 0.05) is 30.3 Å². The zero-order valence-corrected chi connectivity index (χ0v) is 20.0. The fourth-order valence-electron chi connectivity index (χ4n) is 3.87. The predicted molar refractivity (Wildman–Crippen MR) is 134 cm³/mol. The summed E-state index contributed by atoms with van der Waals surface area (Å²) < 4.78 is 0. The second-order valence-electron chi connectivity index (χ2n) is 9.43. The number of hydrogen-bond acceptors (Lipinski definition) is 5. The number of aromatic hydroxyl groups is 2. The Bertz CT molecular complexity index is 1090. The number of aliphatic hydroxyl groups excluding tert-OH is 1. The molecule has 1 amide bonds. The number of phenolic OH excluding ortho intramolecular Hbond substituents is 2. The van der Waals surface area contributed by atoms with Crippen molar-refractivity contribution in [1.82, 2.24) is 10.6 Å². The summed E-state index contributed by atoms with van der Waals surface area (Å²) in [5.74, 6) is -0.289. The van der Waals surface area contributed by atoms with E-state index in [1.165, 1.54) is 29.3 Å². The van der Waals surface area contributed by atoms with Crippen molar-refractivity contribution < 1.29 is 20.1 Å². The van der Waals surface area contributed by atoms with Crippen molar-refractivity contribution >= 4 is 5.91 Å². The van der Waals surface area contributed by atoms with Crippen LogP contribution < -0.4 is 10.6 Å². The zero-order valence-electron chi connectivity index (χ0n) is 20.0. The Morgan fingerprint density at radius 1 is 0.941 bits per heavy atom. The normalized spacial score (nSPS) is 12.4. The molecule has 6 heteroatoms. The van der Waals surface area contributed by atoms with Crippen LogP contribution in [0.1, 0.15) is 52.6 Å². The number of aryl methyl sites for hydroxylation is 1. The Kier molecular flexibility index (Phi) is 8.31. The third kappa shape index (κ3) is 7.61. The molecule has 3 aromatic carbocycles. The zero-order chi connectivity index (χ0) is 24.7. The number of benzene rings is 3. The highest BCUT2D eigenvalue weighted by atomic mass is 16.3. The quantitative estimate of drug-likeness (QED) is 0.313. The molecule has 1 unspecified atom stereocenters. The third-order valence-electron chi connectivity index (χ3n) is 5.74. The lowest BCUT2D eigenvalue weighted by atomic mass is 9.93. The molecule has 180 valence electrons. The van der Waals surface area contributed by atoms with Crippen LogP contribution in [0.5, 0.6) is 11.5 Å². The molecule has 0 spiro atoms. The molecule has 5 N–H and O–H groups in total. The van der Waals surface area contributed by atoms with Gasteiger partial charge in [-0.15, -0.1) is 0 Å². The molecule has 0 aliphatic carbocycles. The molecule has 0 aliphatic rings. The molecule has 3 aromatic rings. The van der Waals surface area contributed by atoms with Crippen LogP contribution in [0.2, 0.25) is 0 Å². The van der Waals surface area contributed by atoms with Crippen molar-refractivity contribution in [2.75, 3.05) is 13.1 Å². The number of β-amino-alcohol motifs (C(OH)–C–C–N with tert-alkyl or cyclic N) is 1. The number of hydrogen-bond donors (Lipinski definition) is 5. The number of amides is 1. The maximum absolute atomic E-state index is 12.6. The van der Waals surface area contributed by atoms with Crippen LogP contribution in [0, 0.1) is 6.92 Å². The number of aliphatic hydroxyl groups is 1. The average molecular weight is 463 g/mol. The molecule has 34 heavy (non-hydrogen) atoms. The van der Waals surface area contributed by atoms with Crippen molar-refractivity contribution in [3.63, 3.8) is 0 Å². The minimum atomic E-state index is -0.886. The monoisotopic (exact) mass is 462 g/mol. The van der Waals surface area contributed by atoms with Gasteiger partial charge in [-0.1, -0.05) is 42.0 Å². The summed E-state index contributed by atoms with van der Waals surface area (Å²) in [4.78, 5) is 12.6. The molecule has 0 saturated carbocycles. The summed E-state index contributed by atoms with van der Waals surface area (Å²) in [6, 6.07) is 20.0. The van der Waals surface area contributed by atoms with Gasteiger partial charge in [0.1, 0.15) is 11.5 Å². The highest BCUT2D eigenvalue weighted by Gasteiger charge is 2.21. The maximum Gasteiger partial charge on any atom is 0.251 e. The van der Waals surface area contributed by atoms with Crippen LogP contribution in [-0.2, 0) is 12.8 Å². The van der Waals surface area contributed by atoms with E-state index >= 15 is 0 Å². The van der Waals surface area contributed by atoms with E-state index in [1.54, 1.807) is 0 Å². The number of phenols is 2. The van der Waals surface area contributed by atoms with E-state index in [2.05, 4.69) is 41.8 Å². The molecule has 3 rings (SSSR count). The molecule has 0 aromatic heterocycles. The first-order valence-electron chi connectivity index (χ1n) is 11.5. The molecule has 0 saturated heterocycles. The molecule has 0 aliphatic heterocycles. The first-order valence-corrected chi connectivity index (χ1v) is 11.5. The first-order chi connectivity index (χ1) is 16.1. The SMILES string of the molecule is Cc1ccc(CCNC(=O)c2cccc(CC(C)(C)NCC(O)c3cc(O)cc(O)c3)c2)cc1. The molecule has 1 atom stereocenters. The van der Waals surface area contributed by atoms with E-state index in [9.17, 15) is 20.1 Å². The van der Waals surface area contributed by atoms with Gasteiger partial charge in [0.2, 0.25) is 0 Å². The molecule has 0 fully saturated rings. The van der Waals surface area contributed by atoms with E-state index in [0.717, 1.165) is 12.0 Å². The van der Waals surface area contributed by atoms with Crippen LogP contribution in [0.4, 0.5) is 0 Å². The maximum atomic E-state index is 12.6. The summed E-state index contributed by atoms with van der Waals surface area (Å²) in [5, 5.41) is 36.1. The van der Waals surface area contributed by atoms with E-state index in [0.29, 0.717) is 24.1 Å². The lowest BCUT2D eigenvalue weighted by Crippen LogP contribution is -2.43. The Balaban J connectivity index is 1.53. The van der Waals surface area contributed by atoms with Gasteiger partial charge < -0.3 is 26.0 Å². The van der Waals surface area contributed by atoms with E-state index in [1.807, 2.05) is 38.1 Å². The lowest BCUT2D eigenvalue weighted by molar-refractivity contribution is 0.0954. The highest BCUT2D eigenvalue weighted by molar-refractivity contribution is 5.94. The van der Waals surface area contributed by atoms with Gasteiger partial charge in [-0.05, 0) is 74.6 Å². The van der Waals surface area contributed by atoms with Gasteiger partial charge in [-0.3, -0.25) is 4.79 Å². The van der Waals surface area contributed by atoms with Crippen molar-refractivity contribution in [3.8, 4) is 11.5 Å². The van der Waals surface area contributed by atoms with Gasteiger partial charge >= 0.3 is 0 Å². The van der Waals surface area contributed by atoms with E-state index in [-0.39, 0.29) is 29.5 Å². The summed E-state index contributed by atoms with van der Waals surface area (Å²) >= 11 is 0. The number of carbonyl (C=O) groups is 1. The smallest absolute Gasteiger partial charge is 0.251 e. The average Bonchev–Trinajstić information content (AvgIpc) is 2.78. The summed E-state index contributed by atoms with van der Waals surface area (Å²) in [6.45, 7) is 6.91. The largest absolute Gasteiger partial charge is 0.508 e. The van der Waals surface area contributed by atoms with Crippen molar-refractivity contribution in [2.45, 2.75) is 45.3 Å². The van der Waals surface area contributed by atoms with E-state index < -0.39 is 6.10 Å². The third-order valence-corrected chi connectivity index (χ3v) is 5.74. The molecular formula is C28H34N2O4. The first kappa shape index (κ1) is 25.3. The Labute approximate surface area is 201 Å². The fraction of sp³-hybridized carbons (Fsp3) is 0.321. The molecule has 0 radical (unpaired) electrons. The van der Waals surface area contributed by atoms with Crippen molar-refractivity contribution in [2.24, 2.45) is 0 Å². The lowest BCUT2D eigenvalue weighted by Gasteiger charge is -2.28.